The number of benzene rings is 1. The molecule has 1 aromatic heterocycles. The zero-order valence-corrected chi connectivity index (χ0v) is 22.2. The number of aliphatic carboxylic acids is 1. The van der Waals surface area contributed by atoms with Gasteiger partial charge in [0.25, 0.3) is 5.91 Å². The van der Waals surface area contributed by atoms with Crippen molar-refractivity contribution in [1.82, 2.24) is 19.6 Å². The van der Waals surface area contributed by atoms with Crippen LogP contribution < -0.4 is 0 Å². The minimum Gasteiger partial charge on any atom is -0.481 e. The number of hydrogen-bond donors (Lipinski definition) is 1. The summed E-state index contributed by atoms with van der Waals surface area (Å²) < 4.78 is 85.7. The zero-order valence-electron chi connectivity index (χ0n) is 22.2. The molecule has 2 unspecified atom stereocenters. The Hall–Kier alpha value is -3.78. The van der Waals surface area contributed by atoms with Crippen LogP contribution in [0.2, 0.25) is 0 Å². The monoisotopic (exact) mass is 602 g/mol. The van der Waals surface area contributed by atoms with Gasteiger partial charge in [-0.1, -0.05) is 0 Å². The van der Waals surface area contributed by atoms with E-state index in [0.29, 0.717) is 56.5 Å². The predicted molar refractivity (Wildman–Crippen MR) is 132 cm³/mol. The number of nitrogens with zero attached hydrogens (tertiary/aromatic N) is 4. The molecular formula is C27H28F6N4O5. The summed E-state index contributed by atoms with van der Waals surface area (Å²) in [5.74, 6) is -1.68. The van der Waals surface area contributed by atoms with Crippen LogP contribution >= 0.6 is 0 Å². The van der Waals surface area contributed by atoms with Gasteiger partial charge in [0, 0.05) is 25.2 Å². The fourth-order valence-corrected chi connectivity index (χ4v) is 6.11. The lowest BCUT2D eigenvalue weighted by molar-refractivity contribution is -0.146. The number of carboxylic acid groups (broad SMARTS) is 1. The largest absolute Gasteiger partial charge is 0.481 e. The standard InChI is InChI=1S/C27H28F6N4O5/c28-26(29,30)17-7-15(8-18(11-17)27(31,32)33)14-42-25(41)35-5-2-6-36-21(13-35)12-22(34-36)23(38)37-19-3-1-4-20(37)10-16(9-19)24(39)40/h7-8,11-12,16,19-20H,1-6,9-10,13-14H2,(H,39,40). The number of aryl methyl sites for hydroxylation is 1. The summed E-state index contributed by atoms with van der Waals surface area (Å²) >= 11 is 0. The van der Waals surface area contributed by atoms with Crippen molar-refractivity contribution in [3.8, 4) is 0 Å². The van der Waals surface area contributed by atoms with Gasteiger partial charge in [0.05, 0.1) is 29.3 Å². The van der Waals surface area contributed by atoms with Crippen LogP contribution in [-0.2, 0) is 41.6 Å². The molecule has 0 spiro atoms. The molecule has 15 heteroatoms. The lowest BCUT2D eigenvalue weighted by atomic mass is 9.78. The number of aromatic nitrogens is 2. The summed E-state index contributed by atoms with van der Waals surface area (Å²) in [5.41, 5.74) is -2.80. The highest BCUT2D eigenvalue weighted by Crippen LogP contribution is 2.39. The van der Waals surface area contributed by atoms with Crippen LogP contribution in [0.1, 0.15) is 71.4 Å². The maximum Gasteiger partial charge on any atom is 0.416 e. The van der Waals surface area contributed by atoms with E-state index in [2.05, 4.69) is 5.10 Å². The van der Waals surface area contributed by atoms with Crippen molar-refractivity contribution in [2.75, 3.05) is 6.54 Å². The van der Waals surface area contributed by atoms with Gasteiger partial charge in [0.2, 0.25) is 0 Å². The van der Waals surface area contributed by atoms with E-state index in [9.17, 15) is 45.8 Å². The number of alkyl halides is 6. The van der Waals surface area contributed by atoms with Gasteiger partial charge in [-0.05, 0) is 68.4 Å². The van der Waals surface area contributed by atoms with Crippen LogP contribution in [0.5, 0.6) is 0 Å². The molecule has 2 atom stereocenters. The van der Waals surface area contributed by atoms with Crippen LogP contribution in [0.25, 0.3) is 0 Å². The Kier molecular flexibility index (Phi) is 7.88. The number of carbonyl (C=O) groups excluding carboxylic acids is 2. The second kappa shape index (κ2) is 11.1. The molecule has 1 aromatic carbocycles. The lowest BCUT2D eigenvalue weighted by Crippen LogP contribution is -2.55. The van der Waals surface area contributed by atoms with E-state index in [-0.39, 0.29) is 42.8 Å². The first kappa shape index (κ1) is 29.7. The van der Waals surface area contributed by atoms with E-state index < -0.39 is 53.6 Å². The van der Waals surface area contributed by atoms with Crippen molar-refractivity contribution in [1.29, 1.82) is 0 Å². The molecule has 0 saturated carbocycles. The van der Waals surface area contributed by atoms with Crippen LogP contribution in [0, 0.1) is 5.92 Å². The average Bonchev–Trinajstić information content (AvgIpc) is 3.20. The summed E-state index contributed by atoms with van der Waals surface area (Å²) in [6, 6.07) is 2.16. The van der Waals surface area contributed by atoms with E-state index in [4.69, 9.17) is 4.74 Å². The van der Waals surface area contributed by atoms with Crippen molar-refractivity contribution < 1.29 is 50.6 Å². The Morgan fingerprint density at radius 1 is 0.905 bits per heavy atom. The summed E-state index contributed by atoms with van der Waals surface area (Å²) in [6.45, 7) is -0.290. The van der Waals surface area contributed by atoms with E-state index >= 15 is 0 Å². The second-order valence-electron chi connectivity index (χ2n) is 10.9. The quantitative estimate of drug-likeness (QED) is 0.475. The highest BCUT2D eigenvalue weighted by atomic mass is 19.4. The smallest absolute Gasteiger partial charge is 0.416 e. The molecule has 2 amide bonds. The lowest BCUT2D eigenvalue weighted by Gasteiger charge is -2.47. The van der Waals surface area contributed by atoms with Crippen molar-refractivity contribution in [2.24, 2.45) is 5.92 Å². The molecule has 1 N–H and O–H groups in total. The second-order valence-corrected chi connectivity index (χ2v) is 10.9. The first-order valence-electron chi connectivity index (χ1n) is 13.5. The number of amides is 2. The molecule has 2 aromatic rings. The fraction of sp³-hybridized carbons (Fsp3) is 0.556. The molecule has 228 valence electrons. The minimum atomic E-state index is -5.02. The molecule has 42 heavy (non-hydrogen) atoms. The van der Waals surface area contributed by atoms with Crippen LogP contribution in [0.3, 0.4) is 0 Å². The Morgan fingerprint density at radius 2 is 1.52 bits per heavy atom. The number of carboxylic acids is 1. The number of rotatable bonds is 4. The van der Waals surface area contributed by atoms with Crippen LogP contribution in [0.15, 0.2) is 24.3 Å². The van der Waals surface area contributed by atoms with E-state index in [1.54, 1.807) is 15.6 Å². The van der Waals surface area contributed by atoms with Gasteiger partial charge in [-0.15, -0.1) is 0 Å². The van der Waals surface area contributed by atoms with Crippen molar-refractivity contribution in [2.45, 2.75) is 82.7 Å². The van der Waals surface area contributed by atoms with Crippen molar-refractivity contribution in [3.05, 3.63) is 52.3 Å². The third-order valence-electron chi connectivity index (χ3n) is 8.06. The van der Waals surface area contributed by atoms with Gasteiger partial charge in [-0.3, -0.25) is 14.3 Å². The Bertz CT molecular complexity index is 1330. The third kappa shape index (κ3) is 6.19. The first-order valence-corrected chi connectivity index (χ1v) is 13.5. The predicted octanol–water partition coefficient (Wildman–Crippen LogP) is 5.32. The molecule has 2 fully saturated rings. The maximum atomic E-state index is 13.5. The molecule has 0 radical (unpaired) electrons. The van der Waals surface area contributed by atoms with E-state index in [1.165, 1.54) is 4.90 Å². The summed E-state index contributed by atoms with van der Waals surface area (Å²) in [5, 5.41) is 13.9. The van der Waals surface area contributed by atoms with Gasteiger partial charge in [-0.2, -0.15) is 31.4 Å². The normalized spacial score (nSPS) is 22.8. The molecule has 3 aliphatic heterocycles. The molecule has 9 nitrogen and oxygen atoms in total. The van der Waals surface area contributed by atoms with Gasteiger partial charge < -0.3 is 19.6 Å². The Morgan fingerprint density at radius 3 is 2.10 bits per heavy atom. The van der Waals surface area contributed by atoms with E-state index in [0.717, 1.165) is 6.42 Å². The highest BCUT2D eigenvalue weighted by Gasteiger charge is 2.44. The number of carbonyl (C=O) groups is 3. The number of fused-ring (bicyclic) bond motifs is 3. The van der Waals surface area contributed by atoms with Gasteiger partial charge >= 0.3 is 24.4 Å². The Labute approximate surface area is 236 Å². The number of ether oxygens (including phenoxy) is 1. The summed E-state index contributed by atoms with van der Waals surface area (Å²) in [4.78, 5) is 40.9. The average molecular weight is 603 g/mol. The van der Waals surface area contributed by atoms with Crippen LogP contribution in [-0.4, -0.2) is 61.3 Å². The molecule has 4 heterocycles. The van der Waals surface area contributed by atoms with Gasteiger partial charge in [0.15, 0.2) is 5.69 Å². The number of halogens is 6. The topological polar surface area (TPSA) is 105 Å². The first-order chi connectivity index (χ1) is 19.7. The van der Waals surface area contributed by atoms with Crippen molar-refractivity contribution in [3.63, 3.8) is 0 Å². The molecule has 5 rings (SSSR count). The fourth-order valence-electron chi connectivity index (χ4n) is 6.11. The van der Waals surface area contributed by atoms with Gasteiger partial charge in [-0.25, -0.2) is 4.79 Å². The third-order valence-corrected chi connectivity index (χ3v) is 8.06. The summed E-state index contributed by atoms with van der Waals surface area (Å²) in [6.07, 6.45) is -7.51. The minimum absolute atomic E-state index is 0.00169. The number of piperidine rings is 2. The van der Waals surface area contributed by atoms with Crippen LogP contribution in [0.4, 0.5) is 31.1 Å². The molecule has 0 aliphatic carbocycles. The highest BCUT2D eigenvalue weighted by molar-refractivity contribution is 5.93. The SMILES string of the molecule is O=C(O)C1CC2CCCC(C1)N2C(=O)c1cc2n(n1)CCCN(C(=O)OCc1cc(C(F)(F)F)cc(C(F)(F)F)c1)C2. The van der Waals surface area contributed by atoms with Gasteiger partial charge in [0.1, 0.15) is 6.61 Å². The van der Waals surface area contributed by atoms with Crippen molar-refractivity contribution >= 4 is 18.0 Å². The molecule has 2 bridgehead atoms. The molecule has 3 aliphatic rings. The van der Waals surface area contributed by atoms with E-state index in [1.807, 2.05) is 0 Å². The zero-order chi connectivity index (χ0) is 30.4. The molecular weight excluding hydrogens is 574 g/mol. The maximum absolute atomic E-state index is 13.5. The molecule has 2 saturated heterocycles. The summed E-state index contributed by atoms with van der Waals surface area (Å²) in [7, 11) is 0. The number of hydrogen-bond acceptors (Lipinski definition) is 5. The Balaban J connectivity index is 1.27.